The van der Waals surface area contributed by atoms with Gasteiger partial charge in [0.05, 0.1) is 11.0 Å². The summed E-state index contributed by atoms with van der Waals surface area (Å²) in [5.41, 5.74) is -3.28. The Morgan fingerprint density at radius 2 is 1.49 bits per heavy atom. The number of fused-ring (bicyclic) bond motifs is 4. The van der Waals surface area contributed by atoms with Crippen LogP contribution >= 0.6 is 0 Å². The van der Waals surface area contributed by atoms with Crippen LogP contribution in [0.4, 0.5) is 17.6 Å². The summed E-state index contributed by atoms with van der Waals surface area (Å²) in [7, 11) is 0. The van der Waals surface area contributed by atoms with Crippen molar-refractivity contribution < 1.29 is 31.9 Å². The molecule has 1 spiro atoms. The van der Waals surface area contributed by atoms with Crippen LogP contribution in [0.15, 0.2) is 29.8 Å². The molecule has 0 amide bonds. The van der Waals surface area contributed by atoms with Gasteiger partial charge in [-0.05, 0) is 115 Å². The third-order valence-electron chi connectivity index (χ3n) is 15.2. The monoisotopic (exact) mass is 628 g/mol. The number of ether oxygens (including phenoxy) is 1. The Morgan fingerprint density at radius 3 is 2.13 bits per heavy atom. The van der Waals surface area contributed by atoms with E-state index in [-0.39, 0.29) is 46.8 Å². The third-order valence-corrected chi connectivity index (χ3v) is 15.2. The second kappa shape index (κ2) is 9.04. The molecule has 5 aliphatic carbocycles. The highest BCUT2D eigenvalue weighted by molar-refractivity contribution is 6.04. The van der Waals surface area contributed by atoms with Gasteiger partial charge in [0, 0.05) is 16.7 Å². The molecule has 3 nitrogen and oxygen atoms in total. The van der Waals surface area contributed by atoms with Gasteiger partial charge in [0.2, 0.25) is 0 Å². The number of esters is 1. The average molecular weight is 629 g/mol. The second-order valence-corrected chi connectivity index (χ2v) is 17.9. The molecule has 1 saturated heterocycles. The summed E-state index contributed by atoms with van der Waals surface area (Å²) in [5, 5.41) is 0. The molecule has 2 bridgehead atoms. The van der Waals surface area contributed by atoms with Gasteiger partial charge < -0.3 is 4.74 Å². The Kier molecular flexibility index (Phi) is 6.31. The first-order valence-corrected chi connectivity index (χ1v) is 17.0. The van der Waals surface area contributed by atoms with Crippen molar-refractivity contribution in [2.45, 2.75) is 124 Å². The van der Waals surface area contributed by atoms with E-state index in [1.165, 1.54) is 12.1 Å². The lowest BCUT2D eigenvalue weighted by Crippen LogP contribution is -2.75. The molecule has 1 aliphatic heterocycles. The summed E-state index contributed by atoms with van der Waals surface area (Å²) in [6, 6.07) is 4.96. The number of alkyl halides is 4. The second-order valence-electron chi connectivity index (χ2n) is 17.9. The van der Waals surface area contributed by atoms with Gasteiger partial charge in [0.1, 0.15) is 6.17 Å². The highest BCUT2D eigenvalue weighted by Gasteiger charge is 2.84. The van der Waals surface area contributed by atoms with Gasteiger partial charge in [-0.3, -0.25) is 9.59 Å². The van der Waals surface area contributed by atoms with Crippen LogP contribution in [-0.4, -0.2) is 23.5 Å². The number of ketones is 1. The smallest absolute Gasteiger partial charge is 0.416 e. The first-order valence-electron chi connectivity index (χ1n) is 17.0. The number of carbonyl (C=O) groups is 2. The van der Waals surface area contributed by atoms with Gasteiger partial charge in [0.15, 0.2) is 11.4 Å². The number of rotatable bonds is 1. The zero-order chi connectivity index (χ0) is 32.8. The summed E-state index contributed by atoms with van der Waals surface area (Å²) in [6.07, 6.45) is 2.43. The van der Waals surface area contributed by atoms with Crippen molar-refractivity contribution in [3.8, 4) is 0 Å². The van der Waals surface area contributed by atoms with Crippen molar-refractivity contribution in [3.05, 3.63) is 41.0 Å². The van der Waals surface area contributed by atoms with Crippen molar-refractivity contribution in [1.82, 2.24) is 0 Å². The average Bonchev–Trinajstić information content (AvgIpc) is 3.13. The molecule has 1 aromatic carbocycles. The van der Waals surface area contributed by atoms with E-state index in [1.54, 1.807) is 6.08 Å². The van der Waals surface area contributed by atoms with Crippen LogP contribution in [0.2, 0.25) is 0 Å². The van der Waals surface area contributed by atoms with Crippen LogP contribution < -0.4 is 0 Å². The number of allylic oxidation sites excluding steroid dienone is 1. The molecule has 5 saturated carbocycles. The largest absolute Gasteiger partial charge is 0.455 e. The highest BCUT2D eigenvalue weighted by atomic mass is 19.4. The lowest BCUT2D eigenvalue weighted by Gasteiger charge is -2.74. The molecule has 7 rings (SSSR count). The van der Waals surface area contributed by atoms with Crippen LogP contribution in [0.25, 0.3) is 6.08 Å². The lowest BCUT2D eigenvalue weighted by molar-refractivity contribution is -0.299. The number of hydrogen-bond acceptors (Lipinski definition) is 3. The van der Waals surface area contributed by atoms with Gasteiger partial charge >= 0.3 is 12.1 Å². The summed E-state index contributed by atoms with van der Waals surface area (Å²) < 4.78 is 63.7. The van der Waals surface area contributed by atoms with Gasteiger partial charge in [0.25, 0.3) is 0 Å². The minimum Gasteiger partial charge on any atom is -0.455 e. The van der Waals surface area contributed by atoms with Crippen LogP contribution in [0.1, 0.15) is 117 Å². The maximum absolute atomic E-state index is 17.5. The number of halogens is 4. The van der Waals surface area contributed by atoms with E-state index in [2.05, 4.69) is 34.6 Å². The quantitative estimate of drug-likeness (QED) is 0.177. The topological polar surface area (TPSA) is 43.4 Å². The summed E-state index contributed by atoms with van der Waals surface area (Å²) in [4.78, 5) is 27.9. The molecule has 6 fully saturated rings. The highest BCUT2D eigenvalue weighted by Crippen LogP contribution is 2.81. The molecule has 0 unspecified atom stereocenters. The Balaban J connectivity index is 1.31. The molecular weight excluding hydrogens is 580 g/mol. The number of benzene rings is 1. The number of Topliss-reactive ketones (excluding diaryl/α,β-unsaturated/α-hetero) is 1. The molecule has 1 heterocycles. The molecular formula is C38H48F4O3. The minimum atomic E-state index is -4.43. The molecule has 0 N–H and O–H groups in total. The molecule has 6 aliphatic rings. The summed E-state index contributed by atoms with van der Waals surface area (Å²) in [6.45, 7) is 15.3. The van der Waals surface area contributed by atoms with Crippen molar-refractivity contribution in [1.29, 1.82) is 0 Å². The van der Waals surface area contributed by atoms with Crippen molar-refractivity contribution >= 4 is 17.8 Å². The van der Waals surface area contributed by atoms with Gasteiger partial charge in [-0.2, -0.15) is 13.2 Å². The SMILES string of the molecule is CC1(C)CC[C@@]23CC[C@]4(C)[C@](OC2=O)([C@H](F)C[C@@H]2[C@@]5(C)C/C(=C\c6ccc(C(F)(F)F)cc6)C(=O)C(C)(C)[C@@H]5CC[C@]24C)[C@@H]3C1. The predicted octanol–water partition coefficient (Wildman–Crippen LogP) is 9.78. The van der Waals surface area contributed by atoms with Crippen molar-refractivity contribution in [2.24, 2.45) is 50.2 Å². The lowest BCUT2D eigenvalue weighted by atomic mass is 9.30. The van der Waals surface area contributed by atoms with E-state index < -0.39 is 45.2 Å². The zero-order valence-electron chi connectivity index (χ0n) is 27.8. The molecule has 0 aromatic heterocycles. The number of hydrogen-bond donors (Lipinski definition) is 0. The molecule has 1 aromatic rings. The molecule has 7 heteroatoms. The third kappa shape index (κ3) is 3.76. The first-order chi connectivity index (χ1) is 20.7. The fourth-order valence-corrected chi connectivity index (χ4v) is 12.7. The zero-order valence-corrected chi connectivity index (χ0v) is 27.8. The van der Waals surface area contributed by atoms with Crippen LogP contribution in [0, 0.1) is 50.2 Å². The van der Waals surface area contributed by atoms with Crippen LogP contribution in [0.3, 0.4) is 0 Å². The Bertz CT molecular complexity index is 1490. The van der Waals surface area contributed by atoms with E-state index in [9.17, 15) is 22.8 Å². The van der Waals surface area contributed by atoms with E-state index in [1.807, 2.05) is 13.8 Å². The van der Waals surface area contributed by atoms with Crippen molar-refractivity contribution in [3.63, 3.8) is 0 Å². The first kappa shape index (κ1) is 31.4. The molecule has 45 heavy (non-hydrogen) atoms. The van der Waals surface area contributed by atoms with E-state index in [0.29, 0.717) is 17.6 Å². The summed E-state index contributed by atoms with van der Waals surface area (Å²) in [5.74, 6) is -0.311. The van der Waals surface area contributed by atoms with E-state index >= 15 is 4.39 Å². The Labute approximate surface area is 264 Å². The fraction of sp³-hybridized carbons (Fsp3) is 0.737. The maximum atomic E-state index is 17.5. The van der Waals surface area contributed by atoms with Gasteiger partial charge in [-0.25, -0.2) is 4.39 Å². The van der Waals surface area contributed by atoms with Crippen LogP contribution in [0.5, 0.6) is 0 Å². The maximum Gasteiger partial charge on any atom is 0.416 e. The standard InChI is InChI=1S/C38H48F4O3/c1-31(2)14-16-36-17-15-35(7)34(6)13-12-25-32(3,4)29(43)23(18-22-8-10-24(11-9-22)38(40,41)42)20-33(25,5)26(34)19-28(39)37(35,27(36)21-31)45-30(36)44/h8-11,18,25-28H,12-17,19-21H2,1-7H3/b23-18+/t25-,26+,27+,28+,33-,34+,35-,36-,37+/m0/s1. The Morgan fingerprint density at radius 1 is 0.844 bits per heavy atom. The molecule has 0 radical (unpaired) electrons. The minimum absolute atomic E-state index is 0.0141. The molecule has 246 valence electrons. The normalized spacial score (nSPS) is 47.3. The van der Waals surface area contributed by atoms with Crippen molar-refractivity contribution in [2.75, 3.05) is 0 Å². The predicted molar refractivity (Wildman–Crippen MR) is 164 cm³/mol. The van der Waals surface area contributed by atoms with E-state index in [0.717, 1.165) is 57.1 Å². The fourth-order valence-electron chi connectivity index (χ4n) is 12.7. The Hall–Kier alpha value is -2.18. The van der Waals surface area contributed by atoms with Gasteiger partial charge in [-0.15, -0.1) is 0 Å². The van der Waals surface area contributed by atoms with Crippen LogP contribution in [-0.2, 0) is 20.5 Å². The number of carbonyl (C=O) groups excluding carboxylic acids is 2. The summed E-state index contributed by atoms with van der Waals surface area (Å²) >= 11 is 0. The van der Waals surface area contributed by atoms with E-state index in [4.69, 9.17) is 4.74 Å². The molecule has 9 atom stereocenters. The van der Waals surface area contributed by atoms with Gasteiger partial charge in [-0.1, -0.05) is 60.6 Å².